The lowest BCUT2D eigenvalue weighted by atomic mass is 10.0. The van der Waals surface area contributed by atoms with Gasteiger partial charge in [-0.3, -0.25) is 0 Å². The van der Waals surface area contributed by atoms with Crippen LogP contribution in [-0.2, 0) is 6.61 Å². The Balaban J connectivity index is 2.08. The van der Waals surface area contributed by atoms with E-state index in [4.69, 9.17) is 9.15 Å². The van der Waals surface area contributed by atoms with Gasteiger partial charge in [-0.15, -0.1) is 10.2 Å². The number of nitrogens with zero attached hydrogens (tertiary/aromatic N) is 2. The summed E-state index contributed by atoms with van der Waals surface area (Å²) >= 11 is 0. The van der Waals surface area contributed by atoms with Crippen molar-refractivity contribution in [2.24, 2.45) is 0 Å². The van der Waals surface area contributed by atoms with Crippen LogP contribution in [0.15, 0.2) is 28.7 Å². The molecule has 0 saturated carbocycles. The van der Waals surface area contributed by atoms with Gasteiger partial charge in [-0.1, -0.05) is 32.0 Å². The fraction of sp³-hybridized carbons (Fsp3) is 0.385. The highest BCUT2D eigenvalue weighted by atomic mass is 16.5. The second-order valence-corrected chi connectivity index (χ2v) is 4.20. The van der Waals surface area contributed by atoms with Gasteiger partial charge in [-0.2, -0.15) is 0 Å². The van der Waals surface area contributed by atoms with Crippen molar-refractivity contribution in [2.75, 3.05) is 0 Å². The molecule has 1 aromatic heterocycles. The quantitative estimate of drug-likeness (QED) is 0.812. The van der Waals surface area contributed by atoms with Gasteiger partial charge in [-0.25, -0.2) is 0 Å². The summed E-state index contributed by atoms with van der Waals surface area (Å²) in [6, 6.07) is 8.00. The number of aromatic nitrogens is 2. The Kier molecular flexibility index (Phi) is 3.42. The fourth-order valence-corrected chi connectivity index (χ4v) is 1.62. The van der Waals surface area contributed by atoms with Crippen LogP contribution in [0.3, 0.4) is 0 Å². The van der Waals surface area contributed by atoms with Gasteiger partial charge in [0.1, 0.15) is 5.75 Å². The monoisotopic (exact) mass is 232 g/mol. The Morgan fingerprint density at radius 3 is 2.65 bits per heavy atom. The molecule has 0 bridgehead atoms. The van der Waals surface area contributed by atoms with Crippen molar-refractivity contribution < 1.29 is 9.15 Å². The number of hydrogen-bond donors (Lipinski definition) is 0. The molecule has 2 aromatic rings. The first-order chi connectivity index (χ1) is 8.16. The van der Waals surface area contributed by atoms with E-state index >= 15 is 0 Å². The van der Waals surface area contributed by atoms with Crippen molar-refractivity contribution in [1.82, 2.24) is 10.2 Å². The minimum absolute atomic E-state index is 0.310. The minimum atomic E-state index is 0.310. The highest BCUT2D eigenvalue weighted by Gasteiger charge is 2.08. The van der Waals surface area contributed by atoms with Gasteiger partial charge >= 0.3 is 0 Å². The molecule has 0 atom stereocenters. The molecule has 90 valence electrons. The van der Waals surface area contributed by atoms with Crippen LogP contribution in [0.2, 0.25) is 0 Å². The summed E-state index contributed by atoms with van der Waals surface area (Å²) < 4.78 is 11.0. The molecule has 1 heterocycles. The van der Waals surface area contributed by atoms with Gasteiger partial charge < -0.3 is 9.15 Å². The standard InChI is InChI=1S/C13H16N2O2/c1-9(2)11-6-4-5-7-12(11)16-8-13-15-14-10(3)17-13/h4-7,9H,8H2,1-3H3. The molecule has 4 heteroatoms. The van der Waals surface area contributed by atoms with Crippen molar-refractivity contribution in [3.8, 4) is 5.75 Å². The van der Waals surface area contributed by atoms with E-state index in [1.807, 2.05) is 18.2 Å². The minimum Gasteiger partial charge on any atom is -0.484 e. The van der Waals surface area contributed by atoms with Crippen LogP contribution in [0.1, 0.15) is 37.1 Å². The topological polar surface area (TPSA) is 48.2 Å². The van der Waals surface area contributed by atoms with Crippen molar-refractivity contribution in [2.45, 2.75) is 33.3 Å². The Bertz CT molecular complexity index is 492. The molecule has 0 amide bonds. The summed E-state index contributed by atoms with van der Waals surface area (Å²) in [5, 5.41) is 7.65. The molecule has 0 fully saturated rings. The third-order valence-electron chi connectivity index (χ3n) is 2.46. The number of hydrogen-bond acceptors (Lipinski definition) is 4. The van der Waals surface area contributed by atoms with Gasteiger partial charge in [0.05, 0.1) is 0 Å². The van der Waals surface area contributed by atoms with Crippen LogP contribution in [0, 0.1) is 6.92 Å². The average molecular weight is 232 g/mol. The fourth-order valence-electron chi connectivity index (χ4n) is 1.62. The van der Waals surface area contributed by atoms with Crippen LogP contribution in [0.4, 0.5) is 0 Å². The summed E-state index contributed by atoms with van der Waals surface area (Å²) in [5.74, 6) is 2.36. The van der Waals surface area contributed by atoms with Crippen LogP contribution >= 0.6 is 0 Å². The van der Waals surface area contributed by atoms with Gasteiger partial charge in [0.15, 0.2) is 6.61 Å². The van der Waals surface area contributed by atoms with Gasteiger partial charge in [-0.05, 0) is 17.5 Å². The first kappa shape index (κ1) is 11.6. The number of ether oxygens (including phenoxy) is 1. The molecule has 0 N–H and O–H groups in total. The molecule has 0 unspecified atom stereocenters. The molecular weight excluding hydrogens is 216 g/mol. The molecule has 1 aromatic carbocycles. The molecule has 0 saturated heterocycles. The van der Waals surface area contributed by atoms with Crippen LogP contribution in [-0.4, -0.2) is 10.2 Å². The predicted molar refractivity (Wildman–Crippen MR) is 63.9 cm³/mol. The van der Waals surface area contributed by atoms with Crippen molar-refractivity contribution >= 4 is 0 Å². The number of benzene rings is 1. The number of aryl methyl sites for hydroxylation is 1. The Labute approximate surface area is 101 Å². The lowest BCUT2D eigenvalue weighted by Crippen LogP contribution is -1.99. The molecular formula is C13H16N2O2. The molecule has 2 rings (SSSR count). The highest BCUT2D eigenvalue weighted by Crippen LogP contribution is 2.26. The maximum atomic E-state index is 5.70. The first-order valence-corrected chi connectivity index (χ1v) is 5.67. The van der Waals surface area contributed by atoms with Crippen LogP contribution in [0.25, 0.3) is 0 Å². The zero-order chi connectivity index (χ0) is 12.3. The Morgan fingerprint density at radius 2 is 2.00 bits per heavy atom. The maximum absolute atomic E-state index is 5.70. The maximum Gasteiger partial charge on any atom is 0.253 e. The number of rotatable bonds is 4. The smallest absolute Gasteiger partial charge is 0.253 e. The highest BCUT2D eigenvalue weighted by molar-refractivity contribution is 5.35. The predicted octanol–water partition coefficient (Wildman–Crippen LogP) is 3.08. The third-order valence-corrected chi connectivity index (χ3v) is 2.46. The van der Waals surface area contributed by atoms with Gasteiger partial charge in [0, 0.05) is 6.92 Å². The van der Waals surface area contributed by atoms with E-state index in [1.54, 1.807) is 6.92 Å². The SMILES string of the molecule is Cc1nnc(COc2ccccc2C(C)C)o1. The second-order valence-electron chi connectivity index (χ2n) is 4.20. The van der Waals surface area contributed by atoms with Crippen LogP contribution in [0.5, 0.6) is 5.75 Å². The molecule has 4 nitrogen and oxygen atoms in total. The lowest BCUT2D eigenvalue weighted by Gasteiger charge is -2.12. The molecule has 17 heavy (non-hydrogen) atoms. The first-order valence-electron chi connectivity index (χ1n) is 5.67. The Morgan fingerprint density at radius 1 is 1.24 bits per heavy atom. The van der Waals surface area contributed by atoms with E-state index in [0.29, 0.717) is 24.3 Å². The summed E-state index contributed by atoms with van der Waals surface area (Å²) in [6.07, 6.45) is 0. The summed E-state index contributed by atoms with van der Waals surface area (Å²) in [6.45, 7) is 6.35. The van der Waals surface area contributed by atoms with Crippen molar-refractivity contribution in [3.05, 3.63) is 41.6 Å². The molecule has 0 radical (unpaired) electrons. The van der Waals surface area contributed by atoms with Gasteiger partial charge in [0.25, 0.3) is 5.89 Å². The van der Waals surface area contributed by atoms with Crippen LogP contribution < -0.4 is 4.74 Å². The lowest BCUT2D eigenvalue weighted by molar-refractivity contribution is 0.257. The van der Waals surface area contributed by atoms with E-state index < -0.39 is 0 Å². The Hall–Kier alpha value is -1.84. The third kappa shape index (κ3) is 2.84. The van der Waals surface area contributed by atoms with E-state index in [1.165, 1.54) is 5.56 Å². The molecule has 0 aliphatic rings. The zero-order valence-corrected chi connectivity index (χ0v) is 10.3. The largest absolute Gasteiger partial charge is 0.484 e. The number of para-hydroxylation sites is 1. The molecule has 0 aliphatic carbocycles. The van der Waals surface area contributed by atoms with E-state index in [2.05, 4.69) is 30.1 Å². The van der Waals surface area contributed by atoms with E-state index in [-0.39, 0.29) is 0 Å². The zero-order valence-electron chi connectivity index (χ0n) is 10.3. The van der Waals surface area contributed by atoms with Crippen molar-refractivity contribution in [1.29, 1.82) is 0 Å². The average Bonchev–Trinajstić information content (AvgIpc) is 2.73. The van der Waals surface area contributed by atoms with E-state index in [9.17, 15) is 0 Å². The summed E-state index contributed by atoms with van der Waals surface area (Å²) in [5.41, 5.74) is 1.18. The van der Waals surface area contributed by atoms with E-state index in [0.717, 1.165) is 5.75 Å². The summed E-state index contributed by atoms with van der Waals surface area (Å²) in [7, 11) is 0. The second kappa shape index (κ2) is 4.99. The molecule has 0 aliphatic heterocycles. The molecule has 0 spiro atoms. The summed E-state index contributed by atoms with van der Waals surface area (Å²) in [4.78, 5) is 0. The van der Waals surface area contributed by atoms with Gasteiger partial charge in [0.2, 0.25) is 5.89 Å². The normalized spacial score (nSPS) is 10.8. The van der Waals surface area contributed by atoms with Crippen molar-refractivity contribution in [3.63, 3.8) is 0 Å².